The number of carbonyl (C=O) groups excluding carboxylic acids is 1. The van der Waals surface area contributed by atoms with Gasteiger partial charge >= 0.3 is 0 Å². The lowest BCUT2D eigenvalue weighted by Gasteiger charge is -2.05. The van der Waals surface area contributed by atoms with Crippen LogP contribution in [0.1, 0.15) is 23.5 Å². The van der Waals surface area contributed by atoms with E-state index in [1.54, 1.807) is 26.0 Å². The van der Waals surface area contributed by atoms with E-state index in [-0.39, 0.29) is 5.78 Å². The molecular formula is C9H11BrO3S2. The molecule has 0 aliphatic heterocycles. The zero-order valence-corrected chi connectivity index (χ0v) is 11.6. The molecule has 0 atom stereocenters. The maximum atomic E-state index is 11.6. The van der Waals surface area contributed by atoms with Crippen LogP contribution in [-0.4, -0.2) is 25.2 Å². The average molecular weight is 311 g/mol. The van der Waals surface area contributed by atoms with E-state index in [1.807, 2.05) is 0 Å². The molecular weight excluding hydrogens is 300 g/mol. The molecule has 0 aliphatic rings. The number of rotatable bonds is 4. The Morgan fingerprint density at radius 1 is 1.47 bits per heavy atom. The van der Waals surface area contributed by atoms with Crippen LogP contribution >= 0.6 is 27.3 Å². The average Bonchev–Trinajstić information content (AvgIpc) is 2.50. The summed E-state index contributed by atoms with van der Waals surface area (Å²) in [7, 11) is -3.29. The minimum atomic E-state index is -3.29. The summed E-state index contributed by atoms with van der Waals surface area (Å²) in [6, 6.07) is 3.37. The molecule has 0 amide bonds. The van der Waals surface area contributed by atoms with Crippen molar-refractivity contribution in [3.8, 4) is 0 Å². The number of hydrogen-bond donors (Lipinski definition) is 0. The van der Waals surface area contributed by atoms with Gasteiger partial charge in [0.1, 0.15) is 5.75 Å². The second-order valence-electron chi connectivity index (χ2n) is 3.38. The van der Waals surface area contributed by atoms with Crippen LogP contribution in [0.4, 0.5) is 0 Å². The first-order chi connectivity index (χ1) is 6.83. The molecule has 0 aromatic carbocycles. The third-order valence-electron chi connectivity index (χ3n) is 1.90. The minimum Gasteiger partial charge on any atom is -0.292 e. The quantitative estimate of drug-likeness (QED) is 0.803. The molecule has 0 bridgehead atoms. The van der Waals surface area contributed by atoms with Crippen LogP contribution in [0.25, 0.3) is 0 Å². The van der Waals surface area contributed by atoms with Gasteiger partial charge in [-0.05, 0) is 41.9 Å². The van der Waals surface area contributed by atoms with Crippen molar-refractivity contribution >= 4 is 42.9 Å². The summed E-state index contributed by atoms with van der Waals surface area (Å²) in [4.78, 5) is 12.1. The summed E-state index contributed by atoms with van der Waals surface area (Å²) in [5, 5.41) is -0.509. The van der Waals surface area contributed by atoms with Gasteiger partial charge in [0, 0.05) is 0 Å². The number of ketones is 1. The van der Waals surface area contributed by atoms with Gasteiger partial charge in [0.25, 0.3) is 0 Å². The Morgan fingerprint density at radius 2 is 2.07 bits per heavy atom. The Morgan fingerprint density at radius 3 is 2.47 bits per heavy atom. The van der Waals surface area contributed by atoms with Gasteiger partial charge in [-0.2, -0.15) is 0 Å². The molecule has 0 saturated heterocycles. The van der Waals surface area contributed by atoms with E-state index in [2.05, 4.69) is 15.9 Å². The molecule has 0 radical (unpaired) electrons. The highest BCUT2D eigenvalue weighted by molar-refractivity contribution is 9.11. The van der Waals surface area contributed by atoms with E-state index in [0.717, 1.165) is 3.79 Å². The second kappa shape index (κ2) is 4.76. The topological polar surface area (TPSA) is 51.2 Å². The lowest BCUT2D eigenvalue weighted by atomic mass is 10.4. The van der Waals surface area contributed by atoms with Gasteiger partial charge in [-0.15, -0.1) is 11.3 Å². The molecule has 15 heavy (non-hydrogen) atoms. The molecule has 0 saturated carbocycles. The van der Waals surface area contributed by atoms with Crippen molar-refractivity contribution in [2.24, 2.45) is 0 Å². The Hall–Kier alpha value is -0.200. The van der Waals surface area contributed by atoms with E-state index < -0.39 is 20.8 Å². The van der Waals surface area contributed by atoms with Crippen molar-refractivity contribution < 1.29 is 13.2 Å². The fourth-order valence-electron chi connectivity index (χ4n) is 0.885. The Bertz CT molecular complexity index is 459. The summed E-state index contributed by atoms with van der Waals surface area (Å²) in [5.74, 6) is -0.739. The molecule has 0 fully saturated rings. The normalized spacial score (nSPS) is 12.0. The molecule has 6 heteroatoms. The van der Waals surface area contributed by atoms with Gasteiger partial charge in [0.15, 0.2) is 15.6 Å². The Balaban J connectivity index is 2.81. The van der Waals surface area contributed by atoms with Crippen molar-refractivity contribution in [2.45, 2.75) is 19.1 Å². The van der Waals surface area contributed by atoms with Crippen LogP contribution in [0.2, 0.25) is 0 Å². The summed E-state index contributed by atoms with van der Waals surface area (Å²) in [6.07, 6.45) is 0. The molecule has 1 rings (SSSR count). The summed E-state index contributed by atoms with van der Waals surface area (Å²) in [5.41, 5.74) is 0. The van der Waals surface area contributed by atoms with Crippen LogP contribution in [-0.2, 0) is 9.84 Å². The van der Waals surface area contributed by atoms with Crippen molar-refractivity contribution in [3.63, 3.8) is 0 Å². The molecule has 0 spiro atoms. The van der Waals surface area contributed by atoms with Gasteiger partial charge in [0.05, 0.1) is 13.9 Å². The smallest absolute Gasteiger partial charge is 0.187 e. The number of carbonyl (C=O) groups is 1. The van der Waals surface area contributed by atoms with Crippen LogP contribution in [0.15, 0.2) is 15.9 Å². The summed E-state index contributed by atoms with van der Waals surface area (Å²) < 4.78 is 23.8. The molecule has 1 aromatic heterocycles. The van der Waals surface area contributed by atoms with Gasteiger partial charge in [-0.1, -0.05) is 0 Å². The molecule has 1 aromatic rings. The van der Waals surface area contributed by atoms with Crippen molar-refractivity contribution in [1.82, 2.24) is 0 Å². The first-order valence-corrected chi connectivity index (χ1v) is 7.65. The molecule has 0 N–H and O–H groups in total. The lowest BCUT2D eigenvalue weighted by molar-refractivity contribution is 0.102. The maximum Gasteiger partial charge on any atom is 0.187 e. The number of hydrogen-bond acceptors (Lipinski definition) is 4. The van der Waals surface area contributed by atoms with Gasteiger partial charge < -0.3 is 0 Å². The minimum absolute atomic E-state index is 0.334. The van der Waals surface area contributed by atoms with E-state index in [4.69, 9.17) is 0 Å². The number of halogens is 1. The Kier molecular flexibility index (Phi) is 4.08. The first-order valence-electron chi connectivity index (χ1n) is 4.33. The third-order valence-corrected chi connectivity index (χ3v) is 5.66. The standard InChI is InChI=1S/C9H11BrO3S2/c1-6(2)15(12,13)5-7(11)8-3-4-9(10)14-8/h3-4,6H,5H2,1-2H3. The zero-order valence-electron chi connectivity index (χ0n) is 8.36. The highest BCUT2D eigenvalue weighted by Crippen LogP contribution is 2.23. The highest BCUT2D eigenvalue weighted by Gasteiger charge is 2.22. The number of Topliss-reactive ketones (excluding diaryl/α,β-unsaturated/α-hetero) is 1. The van der Waals surface area contributed by atoms with Gasteiger partial charge in [0.2, 0.25) is 0 Å². The summed E-state index contributed by atoms with van der Waals surface area (Å²) >= 11 is 4.48. The molecule has 1 heterocycles. The predicted octanol–water partition coefficient (Wildman–Crippen LogP) is 2.52. The fraction of sp³-hybridized carbons (Fsp3) is 0.444. The van der Waals surface area contributed by atoms with Gasteiger partial charge in [-0.25, -0.2) is 8.42 Å². The van der Waals surface area contributed by atoms with Crippen molar-refractivity contribution in [1.29, 1.82) is 0 Å². The largest absolute Gasteiger partial charge is 0.292 e. The molecule has 0 aliphatic carbocycles. The van der Waals surface area contributed by atoms with Crippen LogP contribution in [0, 0.1) is 0 Å². The SMILES string of the molecule is CC(C)S(=O)(=O)CC(=O)c1ccc(Br)s1. The lowest BCUT2D eigenvalue weighted by Crippen LogP contribution is -2.23. The molecule has 0 unspecified atom stereocenters. The van der Waals surface area contributed by atoms with Crippen molar-refractivity contribution in [3.05, 3.63) is 20.8 Å². The van der Waals surface area contributed by atoms with E-state index in [1.165, 1.54) is 11.3 Å². The Labute approximate surface area is 102 Å². The van der Waals surface area contributed by atoms with Crippen LogP contribution < -0.4 is 0 Å². The molecule has 3 nitrogen and oxygen atoms in total. The van der Waals surface area contributed by atoms with Crippen LogP contribution in [0.3, 0.4) is 0 Å². The first kappa shape index (κ1) is 12.9. The van der Waals surface area contributed by atoms with E-state index >= 15 is 0 Å². The fourth-order valence-corrected chi connectivity index (χ4v) is 3.15. The third kappa shape index (κ3) is 3.39. The van der Waals surface area contributed by atoms with Gasteiger partial charge in [-0.3, -0.25) is 4.79 Å². The maximum absolute atomic E-state index is 11.6. The monoisotopic (exact) mass is 310 g/mol. The van der Waals surface area contributed by atoms with E-state index in [9.17, 15) is 13.2 Å². The summed E-state index contributed by atoms with van der Waals surface area (Å²) in [6.45, 7) is 3.15. The van der Waals surface area contributed by atoms with E-state index in [0.29, 0.717) is 4.88 Å². The molecule has 84 valence electrons. The zero-order chi connectivity index (χ0) is 11.6. The second-order valence-corrected chi connectivity index (χ2v) is 8.40. The highest BCUT2D eigenvalue weighted by atomic mass is 79.9. The van der Waals surface area contributed by atoms with Crippen molar-refractivity contribution in [2.75, 3.05) is 5.75 Å². The number of thiophene rings is 1. The number of sulfone groups is 1. The predicted molar refractivity (Wildman–Crippen MR) is 65.3 cm³/mol. The van der Waals surface area contributed by atoms with Crippen LogP contribution in [0.5, 0.6) is 0 Å².